The van der Waals surface area contributed by atoms with Crippen LogP contribution in [0.2, 0.25) is 0 Å². The lowest BCUT2D eigenvalue weighted by molar-refractivity contribution is 0.0684. The molecule has 1 aromatic heterocycles. The molecule has 1 aliphatic carbocycles. The van der Waals surface area contributed by atoms with Crippen LogP contribution >= 0.6 is 0 Å². The van der Waals surface area contributed by atoms with Crippen LogP contribution in [-0.4, -0.2) is 21.7 Å². The van der Waals surface area contributed by atoms with Crippen LogP contribution in [0.3, 0.4) is 0 Å². The number of carboxylic acids is 1. The normalized spacial score (nSPS) is 21.8. The number of carboxylic acid groups (broad SMARTS) is 1. The van der Waals surface area contributed by atoms with E-state index in [4.69, 9.17) is 0 Å². The highest BCUT2D eigenvalue weighted by atomic mass is 16.4. The van der Waals surface area contributed by atoms with Gasteiger partial charge in [0.1, 0.15) is 5.69 Å². The largest absolute Gasteiger partial charge is 0.477 e. The number of aromatic nitrogens is 1. The fourth-order valence-corrected chi connectivity index (χ4v) is 5.02. The predicted octanol–water partition coefficient (Wildman–Crippen LogP) is 5.61. The van der Waals surface area contributed by atoms with E-state index >= 15 is 0 Å². The van der Waals surface area contributed by atoms with Gasteiger partial charge in [0.2, 0.25) is 0 Å². The Kier molecular flexibility index (Phi) is 5.96. The molecule has 1 heterocycles. The number of para-hydroxylation sites is 1. The van der Waals surface area contributed by atoms with Crippen molar-refractivity contribution in [3.05, 3.63) is 70.9 Å². The third-order valence-electron chi connectivity index (χ3n) is 7.12. The first-order valence-corrected chi connectivity index (χ1v) is 11.1. The zero-order chi connectivity index (χ0) is 21.3. The molecule has 2 aromatic carbocycles. The van der Waals surface area contributed by atoms with Crippen molar-refractivity contribution >= 4 is 16.9 Å². The summed E-state index contributed by atoms with van der Waals surface area (Å²) < 4.78 is 1.98. The Bertz CT molecular complexity index is 1050. The minimum atomic E-state index is -0.860. The van der Waals surface area contributed by atoms with Gasteiger partial charge in [0.25, 0.3) is 0 Å². The number of aryl methyl sites for hydroxylation is 1. The van der Waals surface area contributed by atoms with Crippen LogP contribution in [0.1, 0.15) is 60.3 Å². The van der Waals surface area contributed by atoms with Crippen molar-refractivity contribution < 1.29 is 9.90 Å². The van der Waals surface area contributed by atoms with Crippen LogP contribution < -0.4 is 5.32 Å². The van der Waals surface area contributed by atoms with E-state index in [1.165, 1.54) is 18.4 Å². The number of hydrogen-bond acceptors (Lipinski definition) is 2. The lowest BCUT2D eigenvalue weighted by Gasteiger charge is -2.34. The van der Waals surface area contributed by atoms with Crippen molar-refractivity contribution in [3.63, 3.8) is 0 Å². The molecule has 1 aliphatic rings. The number of nitrogens with one attached hydrogen (secondary N) is 1. The van der Waals surface area contributed by atoms with Gasteiger partial charge >= 0.3 is 5.97 Å². The first-order chi connectivity index (χ1) is 14.5. The molecule has 0 unspecified atom stereocenters. The topological polar surface area (TPSA) is 54.3 Å². The van der Waals surface area contributed by atoms with E-state index in [0.717, 1.165) is 28.5 Å². The number of carbonyl (C=O) groups is 1. The van der Waals surface area contributed by atoms with Gasteiger partial charge in [-0.05, 0) is 42.4 Å². The number of rotatable bonds is 6. The van der Waals surface area contributed by atoms with Crippen molar-refractivity contribution in [1.29, 1.82) is 0 Å². The maximum Gasteiger partial charge on any atom is 0.352 e. The monoisotopic (exact) mass is 404 g/mol. The van der Waals surface area contributed by atoms with Crippen LogP contribution in [0.15, 0.2) is 48.5 Å². The van der Waals surface area contributed by atoms with Crippen molar-refractivity contribution in [2.75, 3.05) is 0 Å². The minimum absolute atomic E-state index is 0.406. The van der Waals surface area contributed by atoms with Crippen molar-refractivity contribution in [3.8, 4) is 0 Å². The molecule has 0 bridgehead atoms. The number of nitrogens with zero attached hydrogens (tertiary/aromatic N) is 1. The van der Waals surface area contributed by atoms with Crippen LogP contribution in [0.5, 0.6) is 0 Å². The van der Waals surface area contributed by atoms with Crippen LogP contribution in [0, 0.1) is 18.8 Å². The first-order valence-electron chi connectivity index (χ1n) is 11.1. The molecule has 30 heavy (non-hydrogen) atoms. The Morgan fingerprint density at radius 3 is 2.60 bits per heavy atom. The molecule has 3 atom stereocenters. The zero-order valence-corrected chi connectivity index (χ0v) is 18.2. The summed E-state index contributed by atoms with van der Waals surface area (Å²) in [6, 6.07) is 16.7. The van der Waals surface area contributed by atoms with Crippen molar-refractivity contribution in [2.45, 2.75) is 59.2 Å². The molecule has 4 rings (SSSR count). The van der Waals surface area contributed by atoms with E-state index < -0.39 is 5.97 Å². The summed E-state index contributed by atoms with van der Waals surface area (Å²) in [4.78, 5) is 12.4. The van der Waals surface area contributed by atoms with Crippen LogP contribution in [0.4, 0.5) is 0 Å². The molecule has 0 radical (unpaired) electrons. The fraction of sp³-hybridized carbons (Fsp3) is 0.423. The molecular weight excluding hydrogens is 372 g/mol. The molecule has 158 valence electrons. The third kappa shape index (κ3) is 3.89. The van der Waals surface area contributed by atoms with Crippen molar-refractivity contribution in [2.24, 2.45) is 11.8 Å². The maximum atomic E-state index is 12.4. The molecule has 3 aromatic rings. The first kappa shape index (κ1) is 20.7. The van der Waals surface area contributed by atoms with Gasteiger partial charge in [-0.1, -0.05) is 69.2 Å². The predicted molar refractivity (Wildman–Crippen MR) is 122 cm³/mol. The Balaban J connectivity index is 1.73. The van der Waals surface area contributed by atoms with Gasteiger partial charge in [-0.3, -0.25) is 0 Å². The summed E-state index contributed by atoms with van der Waals surface area (Å²) in [5.74, 6) is 0.451. The Labute approximate surface area is 178 Å². The lowest BCUT2D eigenvalue weighted by Crippen LogP contribution is -2.40. The average Bonchev–Trinajstić information content (AvgIpc) is 3.04. The van der Waals surface area contributed by atoms with Crippen LogP contribution in [-0.2, 0) is 13.1 Å². The Morgan fingerprint density at radius 1 is 1.10 bits per heavy atom. The molecule has 2 N–H and O–H groups in total. The van der Waals surface area contributed by atoms with E-state index in [1.807, 2.05) is 34.9 Å². The second-order valence-electron chi connectivity index (χ2n) is 8.92. The number of benzene rings is 2. The zero-order valence-electron chi connectivity index (χ0n) is 18.2. The summed E-state index contributed by atoms with van der Waals surface area (Å²) in [5.41, 5.74) is 4.62. The quantitative estimate of drug-likeness (QED) is 0.561. The summed E-state index contributed by atoms with van der Waals surface area (Å²) >= 11 is 0. The summed E-state index contributed by atoms with van der Waals surface area (Å²) in [7, 11) is 0. The van der Waals surface area contributed by atoms with Crippen LogP contribution in [0.25, 0.3) is 10.9 Å². The molecule has 4 heteroatoms. The molecule has 0 spiro atoms. The number of hydrogen-bond donors (Lipinski definition) is 2. The average molecular weight is 405 g/mol. The molecule has 1 saturated carbocycles. The number of aromatic carboxylic acids is 1. The van der Waals surface area contributed by atoms with E-state index in [9.17, 15) is 9.90 Å². The maximum absolute atomic E-state index is 12.4. The standard InChI is InChI=1S/C26H32N2O2/c1-17-10-8-13-23(19(17)3)27-15-22-21-12-6-7-14-24(21)28(25(22)26(29)30)16-20-11-5-4-9-18(20)2/h4-7,9,11-12,14,17,19,23,27H,8,10,13,15-16H2,1-3H3,(H,29,30)/t17-,19+,23+/m0/s1. The van der Waals surface area contributed by atoms with E-state index in [2.05, 4.69) is 44.3 Å². The third-order valence-corrected chi connectivity index (χ3v) is 7.12. The van der Waals surface area contributed by atoms with Gasteiger partial charge in [0.05, 0.1) is 0 Å². The lowest BCUT2D eigenvalue weighted by atomic mass is 9.78. The second kappa shape index (κ2) is 8.65. The Hall–Kier alpha value is -2.59. The van der Waals surface area contributed by atoms with Gasteiger partial charge in [-0.15, -0.1) is 0 Å². The molecule has 1 fully saturated rings. The molecule has 4 nitrogen and oxygen atoms in total. The minimum Gasteiger partial charge on any atom is -0.477 e. The molecule has 0 aliphatic heterocycles. The van der Waals surface area contributed by atoms with Gasteiger partial charge in [-0.25, -0.2) is 4.79 Å². The molecule has 0 saturated heterocycles. The van der Waals surface area contributed by atoms with E-state index in [0.29, 0.717) is 36.7 Å². The second-order valence-corrected chi connectivity index (χ2v) is 8.92. The highest BCUT2D eigenvalue weighted by Gasteiger charge is 2.28. The Morgan fingerprint density at radius 2 is 1.83 bits per heavy atom. The molecule has 0 amide bonds. The highest BCUT2D eigenvalue weighted by molar-refractivity contribution is 5.98. The highest BCUT2D eigenvalue weighted by Crippen LogP contribution is 2.32. The van der Waals surface area contributed by atoms with Crippen molar-refractivity contribution in [1.82, 2.24) is 9.88 Å². The van der Waals surface area contributed by atoms with E-state index in [1.54, 1.807) is 0 Å². The van der Waals surface area contributed by atoms with E-state index in [-0.39, 0.29) is 0 Å². The summed E-state index contributed by atoms with van der Waals surface area (Å²) in [6.45, 7) is 7.88. The van der Waals surface area contributed by atoms with Gasteiger partial charge in [0.15, 0.2) is 0 Å². The smallest absolute Gasteiger partial charge is 0.352 e. The van der Waals surface area contributed by atoms with Gasteiger partial charge in [-0.2, -0.15) is 0 Å². The summed E-state index contributed by atoms with van der Waals surface area (Å²) in [6.07, 6.45) is 3.69. The van der Waals surface area contributed by atoms with Gasteiger partial charge < -0.3 is 15.0 Å². The molecular formula is C26H32N2O2. The SMILES string of the molecule is Cc1ccccc1Cn1c(C(=O)O)c(CN[C@@H]2CCC[C@H](C)[C@H]2C)c2ccccc21. The number of fused-ring (bicyclic) bond motifs is 1. The van der Waals surface area contributed by atoms with Gasteiger partial charge in [0, 0.05) is 35.6 Å². The fourth-order valence-electron chi connectivity index (χ4n) is 5.02. The summed E-state index contributed by atoms with van der Waals surface area (Å²) in [5, 5.41) is 14.9.